The van der Waals surface area contributed by atoms with Crippen molar-refractivity contribution in [3.8, 4) is 0 Å². The summed E-state index contributed by atoms with van der Waals surface area (Å²) in [7, 11) is 0. The highest BCUT2D eigenvalue weighted by Gasteiger charge is 2.27. The van der Waals surface area contributed by atoms with E-state index in [1.54, 1.807) is 6.07 Å². The summed E-state index contributed by atoms with van der Waals surface area (Å²) in [5.41, 5.74) is 2.95. The van der Waals surface area contributed by atoms with Crippen molar-refractivity contribution in [3.63, 3.8) is 0 Å². The standard InChI is InChI=1S/C14H17NO2/c16-14(17)11-4-5-12-9-15(13-2-1-3-13)7-6-10(12)8-11/h4-5,8,13H,1-3,6-7,9H2,(H,16,17). The number of rotatable bonds is 2. The van der Waals surface area contributed by atoms with Gasteiger partial charge in [-0.05, 0) is 42.5 Å². The van der Waals surface area contributed by atoms with Crippen molar-refractivity contribution in [1.82, 2.24) is 4.90 Å². The molecule has 3 nitrogen and oxygen atoms in total. The maximum atomic E-state index is 10.9. The van der Waals surface area contributed by atoms with E-state index in [-0.39, 0.29) is 0 Å². The number of nitrogens with zero attached hydrogens (tertiary/aromatic N) is 1. The largest absolute Gasteiger partial charge is 0.478 e. The van der Waals surface area contributed by atoms with Gasteiger partial charge in [-0.2, -0.15) is 0 Å². The predicted molar refractivity (Wildman–Crippen MR) is 65.2 cm³/mol. The SMILES string of the molecule is O=C(O)c1ccc2c(c1)CCN(C1CCC1)C2. The van der Waals surface area contributed by atoms with E-state index < -0.39 is 5.97 Å². The van der Waals surface area contributed by atoms with Gasteiger partial charge in [-0.15, -0.1) is 0 Å². The molecule has 1 fully saturated rings. The predicted octanol–water partition coefficient (Wildman–Crippen LogP) is 2.30. The average Bonchev–Trinajstić information content (AvgIpc) is 2.26. The van der Waals surface area contributed by atoms with Crippen molar-refractivity contribution >= 4 is 5.97 Å². The molecule has 3 heteroatoms. The van der Waals surface area contributed by atoms with E-state index in [1.807, 2.05) is 12.1 Å². The van der Waals surface area contributed by atoms with Crippen LogP contribution in [0.5, 0.6) is 0 Å². The molecule has 0 amide bonds. The molecule has 90 valence electrons. The van der Waals surface area contributed by atoms with Gasteiger partial charge in [0.15, 0.2) is 0 Å². The molecule has 0 atom stereocenters. The summed E-state index contributed by atoms with van der Waals surface area (Å²) in [4.78, 5) is 13.5. The minimum Gasteiger partial charge on any atom is -0.478 e. The first kappa shape index (κ1) is 10.8. The molecule has 1 heterocycles. The highest BCUT2D eigenvalue weighted by atomic mass is 16.4. The van der Waals surface area contributed by atoms with Crippen LogP contribution >= 0.6 is 0 Å². The Bertz CT molecular complexity index is 452. The zero-order valence-corrected chi connectivity index (χ0v) is 9.85. The third-order valence-corrected chi connectivity index (χ3v) is 4.09. The summed E-state index contributed by atoms with van der Waals surface area (Å²) in [6.07, 6.45) is 5.03. The fourth-order valence-corrected chi connectivity index (χ4v) is 2.77. The Hall–Kier alpha value is -1.35. The third-order valence-electron chi connectivity index (χ3n) is 4.09. The molecule has 0 radical (unpaired) electrons. The molecule has 2 aliphatic rings. The van der Waals surface area contributed by atoms with E-state index in [9.17, 15) is 4.79 Å². The maximum Gasteiger partial charge on any atom is 0.335 e. The van der Waals surface area contributed by atoms with Crippen molar-refractivity contribution in [2.24, 2.45) is 0 Å². The van der Waals surface area contributed by atoms with Gasteiger partial charge in [-0.3, -0.25) is 4.90 Å². The van der Waals surface area contributed by atoms with Crippen molar-refractivity contribution in [2.45, 2.75) is 38.3 Å². The summed E-state index contributed by atoms with van der Waals surface area (Å²) in [5.74, 6) is -0.825. The van der Waals surface area contributed by atoms with Crippen LogP contribution in [0.1, 0.15) is 40.7 Å². The Morgan fingerprint density at radius 2 is 2.12 bits per heavy atom. The van der Waals surface area contributed by atoms with Crippen LogP contribution in [0.15, 0.2) is 18.2 Å². The lowest BCUT2D eigenvalue weighted by molar-refractivity contribution is 0.0696. The lowest BCUT2D eigenvalue weighted by Crippen LogP contribution is -2.43. The average molecular weight is 231 g/mol. The van der Waals surface area contributed by atoms with Gasteiger partial charge in [0.05, 0.1) is 5.56 Å². The van der Waals surface area contributed by atoms with E-state index in [1.165, 1.54) is 30.4 Å². The maximum absolute atomic E-state index is 10.9. The van der Waals surface area contributed by atoms with Crippen molar-refractivity contribution in [1.29, 1.82) is 0 Å². The number of hydrogen-bond donors (Lipinski definition) is 1. The first-order valence-corrected chi connectivity index (χ1v) is 6.33. The summed E-state index contributed by atoms with van der Waals surface area (Å²) >= 11 is 0. The van der Waals surface area contributed by atoms with Crippen LogP contribution in [-0.2, 0) is 13.0 Å². The Kier molecular flexibility index (Phi) is 2.63. The number of benzene rings is 1. The lowest BCUT2D eigenvalue weighted by Gasteiger charge is -2.40. The molecule has 3 rings (SSSR count). The number of fused-ring (bicyclic) bond motifs is 1. The fraction of sp³-hybridized carbons (Fsp3) is 0.500. The van der Waals surface area contributed by atoms with E-state index in [2.05, 4.69) is 4.90 Å². The second kappa shape index (κ2) is 4.15. The van der Waals surface area contributed by atoms with Crippen LogP contribution in [0, 0.1) is 0 Å². The molecule has 0 saturated heterocycles. The molecule has 1 aromatic rings. The fourth-order valence-electron chi connectivity index (χ4n) is 2.77. The summed E-state index contributed by atoms with van der Waals surface area (Å²) in [5, 5.41) is 8.96. The van der Waals surface area contributed by atoms with E-state index in [0.717, 1.165) is 25.6 Å². The van der Waals surface area contributed by atoms with E-state index >= 15 is 0 Å². The highest BCUT2D eigenvalue weighted by Crippen LogP contribution is 2.30. The molecule has 0 bridgehead atoms. The molecule has 0 spiro atoms. The summed E-state index contributed by atoms with van der Waals surface area (Å²) in [6.45, 7) is 2.08. The van der Waals surface area contributed by atoms with Crippen LogP contribution < -0.4 is 0 Å². The number of carboxylic acids is 1. The molecular formula is C14H17NO2. The van der Waals surface area contributed by atoms with Crippen LogP contribution in [0.25, 0.3) is 0 Å². The van der Waals surface area contributed by atoms with Crippen molar-refractivity contribution in [2.75, 3.05) is 6.54 Å². The Morgan fingerprint density at radius 3 is 2.76 bits per heavy atom. The molecule has 1 N–H and O–H groups in total. The lowest BCUT2D eigenvalue weighted by atomic mass is 9.88. The second-order valence-electron chi connectivity index (χ2n) is 5.09. The van der Waals surface area contributed by atoms with Gasteiger partial charge < -0.3 is 5.11 Å². The minimum atomic E-state index is -0.825. The molecule has 1 aliphatic carbocycles. The monoisotopic (exact) mass is 231 g/mol. The zero-order chi connectivity index (χ0) is 11.8. The molecule has 0 aromatic heterocycles. The summed E-state index contributed by atoms with van der Waals surface area (Å²) in [6, 6.07) is 6.34. The van der Waals surface area contributed by atoms with Gasteiger partial charge in [0.1, 0.15) is 0 Å². The van der Waals surface area contributed by atoms with Crippen LogP contribution in [0.4, 0.5) is 0 Å². The van der Waals surface area contributed by atoms with Crippen molar-refractivity contribution in [3.05, 3.63) is 34.9 Å². The van der Waals surface area contributed by atoms with Crippen LogP contribution in [-0.4, -0.2) is 28.6 Å². The third kappa shape index (κ3) is 1.95. The Morgan fingerprint density at radius 1 is 1.29 bits per heavy atom. The summed E-state index contributed by atoms with van der Waals surface area (Å²) < 4.78 is 0. The second-order valence-corrected chi connectivity index (χ2v) is 5.09. The molecule has 1 saturated carbocycles. The molecule has 1 aromatic carbocycles. The normalized spacial score (nSPS) is 20.7. The van der Waals surface area contributed by atoms with E-state index in [4.69, 9.17) is 5.11 Å². The molecule has 0 unspecified atom stereocenters. The zero-order valence-electron chi connectivity index (χ0n) is 9.85. The van der Waals surface area contributed by atoms with Crippen molar-refractivity contribution < 1.29 is 9.90 Å². The van der Waals surface area contributed by atoms with Gasteiger partial charge in [0.2, 0.25) is 0 Å². The number of carbonyl (C=O) groups is 1. The number of carboxylic acid groups (broad SMARTS) is 1. The van der Waals surface area contributed by atoms with Gasteiger partial charge in [-0.25, -0.2) is 4.79 Å². The molecule has 1 aliphatic heterocycles. The first-order chi connectivity index (χ1) is 8.24. The van der Waals surface area contributed by atoms with Crippen LogP contribution in [0.2, 0.25) is 0 Å². The smallest absolute Gasteiger partial charge is 0.335 e. The van der Waals surface area contributed by atoms with E-state index in [0.29, 0.717) is 5.56 Å². The minimum absolute atomic E-state index is 0.417. The van der Waals surface area contributed by atoms with Gasteiger partial charge in [0, 0.05) is 19.1 Å². The molecule has 17 heavy (non-hydrogen) atoms. The quantitative estimate of drug-likeness (QED) is 0.849. The Balaban J connectivity index is 1.81. The van der Waals surface area contributed by atoms with Crippen LogP contribution in [0.3, 0.4) is 0 Å². The Labute approximate surface area is 101 Å². The molecular weight excluding hydrogens is 214 g/mol. The van der Waals surface area contributed by atoms with Gasteiger partial charge >= 0.3 is 5.97 Å². The first-order valence-electron chi connectivity index (χ1n) is 6.33. The van der Waals surface area contributed by atoms with Gasteiger partial charge in [-0.1, -0.05) is 12.5 Å². The number of aromatic carboxylic acids is 1. The number of hydrogen-bond acceptors (Lipinski definition) is 2. The highest BCUT2D eigenvalue weighted by molar-refractivity contribution is 5.87. The topological polar surface area (TPSA) is 40.5 Å². The van der Waals surface area contributed by atoms with Gasteiger partial charge in [0.25, 0.3) is 0 Å².